The van der Waals surface area contributed by atoms with Crippen LogP contribution in [0, 0.1) is 11.6 Å². The van der Waals surface area contributed by atoms with Gasteiger partial charge in [-0.2, -0.15) is 0 Å². The number of halogens is 3. The van der Waals surface area contributed by atoms with Crippen LogP contribution in [0.4, 0.5) is 8.78 Å². The zero-order valence-electron chi connectivity index (χ0n) is 13.6. The second-order valence-corrected chi connectivity index (χ2v) is 8.08. The van der Waals surface area contributed by atoms with E-state index < -0.39 is 31.4 Å². The number of rotatable bonds is 4. The number of methoxy groups -OCH3 is 1. The third kappa shape index (κ3) is 3.61. The predicted octanol–water partition coefficient (Wildman–Crippen LogP) is 3.15. The molecule has 6 nitrogen and oxygen atoms in total. The van der Waals surface area contributed by atoms with Crippen LogP contribution in [0.15, 0.2) is 45.4 Å². The Morgan fingerprint density at radius 2 is 1.81 bits per heavy atom. The normalized spacial score (nSPS) is 11.6. The average Bonchev–Trinajstić information content (AvgIpc) is 2.95. The van der Waals surface area contributed by atoms with Crippen LogP contribution < -0.4 is 14.7 Å². The lowest BCUT2D eigenvalue weighted by molar-refractivity contribution is 0.415. The second-order valence-electron chi connectivity index (χ2n) is 5.36. The average molecular weight is 433 g/mol. The Hall–Kier alpha value is -2.27. The van der Waals surface area contributed by atoms with E-state index in [0.717, 1.165) is 23.5 Å². The van der Waals surface area contributed by atoms with Crippen LogP contribution >= 0.6 is 22.9 Å². The monoisotopic (exact) mass is 432 g/mol. The number of benzene rings is 2. The van der Waals surface area contributed by atoms with Gasteiger partial charge in [-0.05, 0) is 24.3 Å². The molecule has 0 aliphatic carbocycles. The molecule has 0 saturated carbocycles. The summed E-state index contributed by atoms with van der Waals surface area (Å²) in [7, 11) is -3.18. The van der Waals surface area contributed by atoms with Crippen molar-refractivity contribution in [2.75, 3.05) is 7.11 Å². The second kappa shape index (κ2) is 7.04. The van der Waals surface area contributed by atoms with Crippen molar-refractivity contribution >= 4 is 33.0 Å². The first-order chi connectivity index (χ1) is 12.6. The van der Waals surface area contributed by atoms with Crippen LogP contribution in [0.5, 0.6) is 5.75 Å². The molecule has 0 bridgehead atoms. The molecule has 1 heterocycles. The zero-order valence-corrected chi connectivity index (χ0v) is 16.0. The fraction of sp³-hybridized carbons (Fsp3) is 0.0625. The molecule has 0 atom stereocenters. The van der Waals surface area contributed by atoms with Gasteiger partial charge in [0, 0.05) is 17.0 Å². The first kappa shape index (κ1) is 19.5. The molecule has 27 heavy (non-hydrogen) atoms. The molecule has 3 aromatic rings. The number of sulfonamides is 1. The molecule has 0 radical (unpaired) electrons. The lowest BCUT2D eigenvalue weighted by Gasteiger charge is -2.11. The van der Waals surface area contributed by atoms with E-state index in [1.807, 2.05) is 0 Å². The number of thiazole rings is 1. The maximum absolute atomic E-state index is 14.2. The molecule has 2 aromatic carbocycles. The molecular formula is C16H11ClF2N2O4S2. The molecule has 2 N–H and O–H groups in total. The van der Waals surface area contributed by atoms with Gasteiger partial charge in [-0.15, -0.1) is 0 Å². The van der Waals surface area contributed by atoms with Crippen molar-refractivity contribution in [1.29, 1.82) is 0 Å². The number of hydrogen-bond donors (Lipinski definition) is 1. The topological polar surface area (TPSA) is 91.4 Å². The number of ether oxygens (including phenoxy) is 1. The Labute approximate surface area is 161 Å². The maximum Gasteiger partial charge on any atom is 0.312 e. The van der Waals surface area contributed by atoms with E-state index in [4.69, 9.17) is 21.5 Å². The van der Waals surface area contributed by atoms with E-state index >= 15 is 0 Å². The molecule has 0 saturated heterocycles. The van der Waals surface area contributed by atoms with Gasteiger partial charge in [0.25, 0.3) is 0 Å². The van der Waals surface area contributed by atoms with Crippen molar-refractivity contribution < 1.29 is 21.9 Å². The van der Waals surface area contributed by atoms with Crippen LogP contribution in [-0.4, -0.2) is 20.1 Å². The SMILES string of the molecule is COc1cc(-n2c(-c3cc(F)c(S(N)(=O)=O)c(F)c3)csc2=O)ccc1Cl. The van der Waals surface area contributed by atoms with Gasteiger partial charge in [0.1, 0.15) is 17.4 Å². The predicted molar refractivity (Wildman–Crippen MR) is 98.2 cm³/mol. The minimum absolute atomic E-state index is 0.0373. The number of nitrogens with zero attached hydrogens (tertiary/aromatic N) is 1. The van der Waals surface area contributed by atoms with Gasteiger partial charge >= 0.3 is 4.87 Å². The third-order valence-electron chi connectivity index (χ3n) is 3.67. The van der Waals surface area contributed by atoms with Crippen LogP contribution in [0.2, 0.25) is 5.02 Å². The molecular weight excluding hydrogens is 422 g/mol. The lowest BCUT2D eigenvalue weighted by Crippen LogP contribution is -2.17. The summed E-state index contributed by atoms with van der Waals surface area (Å²) in [5.74, 6) is -2.40. The van der Waals surface area contributed by atoms with E-state index in [2.05, 4.69) is 0 Å². The third-order valence-corrected chi connectivity index (χ3v) is 5.66. The number of hydrogen-bond acceptors (Lipinski definition) is 5. The highest BCUT2D eigenvalue weighted by atomic mass is 35.5. The summed E-state index contributed by atoms with van der Waals surface area (Å²) < 4.78 is 57.4. The Bertz CT molecular complexity index is 1180. The zero-order chi connectivity index (χ0) is 19.9. The lowest BCUT2D eigenvalue weighted by atomic mass is 10.1. The van der Waals surface area contributed by atoms with E-state index in [0.29, 0.717) is 16.5 Å². The van der Waals surface area contributed by atoms with Crippen molar-refractivity contribution in [2.24, 2.45) is 5.14 Å². The molecule has 0 unspecified atom stereocenters. The fourth-order valence-corrected chi connectivity index (χ4v) is 4.14. The molecule has 142 valence electrons. The highest BCUT2D eigenvalue weighted by Crippen LogP contribution is 2.31. The summed E-state index contributed by atoms with van der Waals surface area (Å²) in [5, 5.41) is 6.55. The molecule has 0 fully saturated rings. The Morgan fingerprint density at radius 1 is 1.19 bits per heavy atom. The van der Waals surface area contributed by atoms with Gasteiger partial charge in [0.05, 0.1) is 23.5 Å². The number of nitrogens with two attached hydrogens (primary N) is 1. The van der Waals surface area contributed by atoms with E-state index in [1.54, 1.807) is 0 Å². The summed E-state index contributed by atoms with van der Waals surface area (Å²) >= 11 is 6.78. The standard InChI is InChI=1S/C16H11ClF2N2O4S2/c1-25-14-6-9(2-3-10(14)17)21-13(7-26-16(21)22)8-4-11(18)15(12(19)5-8)27(20,23)24/h2-7H,1H3,(H2,20,23,24). The van der Waals surface area contributed by atoms with Crippen molar-refractivity contribution in [3.05, 3.63) is 62.0 Å². The van der Waals surface area contributed by atoms with Gasteiger partial charge in [-0.1, -0.05) is 22.9 Å². The molecule has 0 spiro atoms. The summed E-state index contributed by atoms with van der Waals surface area (Å²) in [5.41, 5.74) is 0.478. The van der Waals surface area contributed by atoms with Gasteiger partial charge in [-0.25, -0.2) is 22.3 Å². The molecule has 0 amide bonds. The first-order valence-corrected chi connectivity index (χ1v) is 10.0. The first-order valence-electron chi connectivity index (χ1n) is 7.20. The highest BCUT2D eigenvalue weighted by molar-refractivity contribution is 7.89. The summed E-state index contributed by atoms with van der Waals surface area (Å²) in [4.78, 5) is 10.6. The molecule has 11 heteroatoms. The van der Waals surface area contributed by atoms with Gasteiger partial charge in [-0.3, -0.25) is 9.36 Å². The van der Waals surface area contributed by atoms with Crippen molar-refractivity contribution in [1.82, 2.24) is 4.57 Å². The van der Waals surface area contributed by atoms with Crippen LogP contribution in [0.25, 0.3) is 16.9 Å². The van der Waals surface area contributed by atoms with Crippen LogP contribution in [0.3, 0.4) is 0 Å². The smallest absolute Gasteiger partial charge is 0.312 e. The maximum atomic E-state index is 14.2. The Kier molecular flexibility index (Phi) is 5.08. The van der Waals surface area contributed by atoms with E-state index in [1.165, 1.54) is 35.3 Å². The van der Waals surface area contributed by atoms with E-state index in [-0.39, 0.29) is 11.3 Å². The summed E-state index contributed by atoms with van der Waals surface area (Å²) in [6.07, 6.45) is 0. The summed E-state index contributed by atoms with van der Waals surface area (Å²) in [6, 6.07) is 6.14. The Balaban J connectivity index is 2.23. The number of primary sulfonamides is 1. The Morgan fingerprint density at radius 3 is 2.37 bits per heavy atom. The molecule has 0 aliphatic rings. The van der Waals surface area contributed by atoms with E-state index in [9.17, 15) is 22.0 Å². The van der Waals surface area contributed by atoms with Gasteiger partial charge in [0.2, 0.25) is 10.0 Å². The van der Waals surface area contributed by atoms with Gasteiger partial charge < -0.3 is 4.74 Å². The molecule has 0 aliphatic heterocycles. The van der Waals surface area contributed by atoms with Crippen molar-refractivity contribution in [2.45, 2.75) is 4.90 Å². The molecule has 1 aromatic heterocycles. The minimum Gasteiger partial charge on any atom is -0.495 e. The molecule has 3 rings (SSSR count). The minimum atomic E-state index is -4.58. The van der Waals surface area contributed by atoms with Crippen LogP contribution in [0.1, 0.15) is 0 Å². The highest BCUT2D eigenvalue weighted by Gasteiger charge is 2.23. The van der Waals surface area contributed by atoms with Gasteiger partial charge in [0.15, 0.2) is 4.90 Å². The van der Waals surface area contributed by atoms with Crippen LogP contribution in [-0.2, 0) is 10.0 Å². The fourth-order valence-electron chi connectivity index (χ4n) is 2.52. The summed E-state index contributed by atoms with van der Waals surface area (Å²) in [6.45, 7) is 0. The quantitative estimate of drug-likeness (QED) is 0.685. The number of aromatic nitrogens is 1. The largest absolute Gasteiger partial charge is 0.495 e. The van der Waals surface area contributed by atoms with Crippen molar-refractivity contribution in [3.63, 3.8) is 0 Å². The van der Waals surface area contributed by atoms with Crippen molar-refractivity contribution in [3.8, 4) is 22.7 Å².